The maximum Gasteiger partial charge on any atom is -0.00187 e. The summed E-state index contributed by atoms with van der Waals surface area (Å²) in [6.07, 6.45) is 6.89. The van der Waals surface area contributed by atoms with Gasteiger partial charge in [-0.05, 0) is 38.9 Å². The van der Waals surface area contributed by atoms with Gasteiger partial charge in [0.1, 0.15) is 0 Å². The Hall–Kier alpha value is -0.0400. The van der Waals surface area contributed by atoms with E-state index in [2.05, 4.69) is 25.7 Å². The fraction of sp³-hybridized carbons (Fsp3) is 1.00. The van der Waals surface area contributed by atoms with Gasteiger partial charge in [0.2, 0.25) is 0 Å². The van der Waals surface area contributed by atoms with E-state index < -0.39 is 0 Å². The molecule has 0 aromatic heterocycles. The van der Waals surface area contributed by atoms with Gasteiger partial charge < -0.3 is 4.90 Å². The quantitative estimate of drug-likeness (QED) is 0.616. The molecule has 0 aliphatic carbocycles. The van der Waals surface area contributed by atoms with Crippen LogP contribution in [0, 0.1) is 0 Å². The van der Waals surface area contributed by atoms with Gasteiger partial charge >= 0.3 is 0 Å². The van der Waals surface area contributed by atoms with Crippen LogP contribution in [-0.2, 0) is 0 Å². The van der Waals surface area contributed by atoms with Gasteiger partial charge in [-0.1, -0.05) is 33.6 Å². The summed E-state index contributed by atoms with van der Waals surface area (Å²) in [5, 5.41) is 0. The largest absolute Gasteiger partial charge is 0.303 e. The van der Waals surface area contributed by atoms with E-state index in [0.29, 0.717) is 0 Å². The van der Waals surface area contributed by atoms with Crippen LogP contribution in [0.5, 0.6) is 0 Å². The molecule has 1 aliphatic rings. The predicted octanol–water partition coefficient (Wildman–Crippen LogP) is 3.30. The minimum atomic E-state index is 1.25. The topological polar surface area (TPSA) is 3.24 Å². The summed E-state index contributed by atoms with van der Waals surface area (Å²) < 4.78 is 0. The molecule has 1 aliphatic heterocycles. The number of hydrogen-bond acceptors (Lipinski definition) is 1. The van der Waals surface area contributed by atoms with Crippen LogP contribution in [0.2, 0.25) is 0 Å². The Balaban J connectivity index is 0.000000354. The van der Waals surface area contributed by atoms with E-state index in [-0.39, 0.29) is 0 Å². The molecule has 0 radical (unpaired) electrons. The van der Waals surface area contributed by atoms with Crippen LogP contribution in [0.3, 0.4) is 0 Å². The summed E-state index contributed by atoms with van der Waals surface area (Å²) in [6, 6.07) is 0. The van der Waals surface area contributed by atoms with Gasteiger partial charge in [0.05, 0.1) is 0 Å². The van der Waals surface area contributed by atoms with Gasteiger partial charge in [-0.2, -0.15) is 0 Å². The van der Waals surface area contributed by atoms with Crippen LogP contribution in [0.25, 0.3) is 0 Å². The smallest absolute Gasteiger partial charge is 0.00187 e. The van der Waals surface area contributed by atoms with Crippen molar-refractivity contribution in [3.8, 4) is 0 Å². The molecule has 0 aromatic carbocycles. The standard InChI is InChI=1S/C8H17N.C3H8/c1-2-6-9-7-4-3-5-8-9;1-3-2/h2-8H2,1H3;3H2,1-2H3. The van der Waals surface area contributed by atoms with Crippen molar-refractivity contribution in [3.63, 3.8) is 0 Å². The fourth-order valence-corrected chi connectivity index (χ4v) is 1.50. The third-order valence-electron chi connectivity index (χ3n) is 1.99. The molecule has 74 valence electrons. The van der Waals surface area contributed by atoms with Crippen molar-refractivity contribution in [3.05, 3.63) is 0 Å². The Kier molecular flexibility index (Phi) is 9.02. The van der Waals surface area contributed by atoms with Crippen molar-refractivity contribution in [1.82, 2.24) is 4.90 Å². The first kappa shape index (κ1) is 12.0. The number of likely N-dealkylation sites (tertiary alicyclic amines) is 1. The number of nitrogens with zero attached hydrogens (tertiary/aromatic N) is 1. The van der Waals surface area contributed by atoms with Crippen molar-refractivity contribution in [2.24, 2.45) is 0 Å². The van der Waals surface area contributed by atoms with E-state index in [4.69, 9.17) is 0 Å². The summed E-state index contributed by atoms with van der Waals surface area (Å²) in [5.74, 6) is 0. The Morgan fingerprint density at radius 2 is 1.42 bits per heavy atom. The van der Waals surface area contributed by atoms with Gasteiger partial charge in [0.15, 0.2) is 0 Å². The molecule has 0 bridgehead atoms. The highest BCUT2D eigenvalue weighted by Crippen LogP contribution is 2.07. The van der Waals surface area contributed by atoms with Crippen LogP contribution in [0.1, 0.15) is 52.9 Å². The predicted molar refractivity (Wildman–Crippen MR) is 56.5 cm³/mol. The second kappa shape index (κ2) is 9.05. The molecule has 1 heteroatoms. The van der Waals surface area contributed by atoms with Crippen molar-refractivity contribution < 1.29 is 0 Å². The maximum absolute atomic E-state index is 2.57. The van der Waals surface area contributed by atoms with Crippen molar-refractivity contribution in [2.45, 2.75) is 52.9 Å². The molecular formula is C11H25N. The van der Waals surface area contributed by atoms with Crippen LogP contribution in [0.15, 0.2) is 0 Å². The van der Waals surface area contributed by atoms with Crippen LogP contribution in [-0.4, -0.2) is 24.5 Å². The van der Waals surface area contributed by atoms with Gasteiger partial charge in [-0.25, -0.2) is 0 Å². The molecule has 1 heterocycles. The summed E-state index contributed by atoms with van der Waals surface area (Å²) in [5.41, 5.74) is 0. The summed E-state index contributed by atoms with van der Waals surface area (Å²) in [4.78, 5) is 2.57. The van der Waals surface area contributed by atoms with Crippen LogP contribution < -0.4 is 0 Å². The van der Waals surface area contributed by atoms with Gasteiger partial charge in [0.25, 0.3) is 0 Å². The molecule has 12 heavy (non-hydrogen) atoms. The molecule has 0 unspecified atom stereocenters. The Morgan fingerprint density at radius 3 is 1.83 bits per heavy atom. The van der Waals surface area contributed by atoms with Crippen molar-refractivity contribution in [1.29, 1.82) is 0 Å². The first-order chi connectivity index (χ1) is 5.85. The molecule has 1 fully saturated rings. The molecule has 1 saturated heterocycles. The average Bonchev–Trinajstić information content (AvgIpc) is 2.08. The third kappa shape index (κ3) is 6.66. The highest BCUT2D eigenvalue weighted by molar-refractivity contribution is 4.62. The summed E-state index contributed by atoms with van der Waals surface area (Å²) in [7, 11) is 0. The van der Waals surface area contributed by atoms with E-state index >= 15 is 0 Å². The zero-order valence-electron chi connectivity index (χ0n) is 9.10. The van der Waals surface area contributed by atoms with E-state index in [1.807, 2.05) is 0 Å². The number of piperidine rings is 1. The van der Waals surface area contributed by atoms with E-state index in [9.17, 15) is 0 Å². The van der Waals surface area contributed by atoms with Gasteiger partial charge in [-0.15, -0.1) is 0 Å². The number of hydrogen-bond donors (Lipinski definition) is 0. The molecule has 0 spiro atoms. The lowest BCUT2D eigenvalue weighted by Gasteiger charge is -2.25. The zero-order valence-corrected chi connectivity index (χ0v) is 9.10. The monoisotopic (exact) mass is 171 g/mol. The second-order valence-corrected chi connectivity index (χ2v) is 3.61. The summed E-state index contributed by atoms with van der Waals surface area (Å²) >= 11 is 0. The Bertz CT molecular complexity index is 72.3. The SMILES string of the molecule is CCC.CCCN1CCCCC1. The lowest BCUT2D eigenvalue weighted by molar-refractivity contribution is 0.229. The number of rotatable bonds is 2. The van der Waals surface area contributed by atoms with Crippen LogP contribution >= 0.6 is 0 Å². The zero-order chi connectivity index (χ0) is 9.23. The highest BCUT2D eigenvalue weighted by atomic mass is 15.1. The van der Waals surface area contributed by atoms with E-state index in [1.165, 1.54) is 51.7 Å². The molecule has 0 saturated carbocycles. The molecule has 0 N–H and O–H groups in total. The van der Waals surface area contributed by atoms with Crippen molar-refractivity contribution in [2.75, 3.05) is 19.6 Å². The maximum atomic E-state index is 2.57. The molecular weight excluding hydrogens is 146 g/mol. The minimum absolute atomic E-state index is 1.25. The second-order valence-electron chi connectivity index (χ2n) is 3.61. The van der Waals surface area contributed by atoms with Gasteiger partial charge in [-0.3, -0.25) is 0 Å². The van der Waals surface area contributed by atoms with E-state index in [1.54, 1.807) is 0 Å². The Labute approximate surface area is 78.1 Å². The fourth-order valence-electron chi connectivity index (χ4n) is 1.50. The van der Waals surface area contributed by atoms with Gasteiger partial charge in [0, 0.05) is 0 Å². The molecule has 0 aromatic rings. The Morgan fingerprint density at radius 1 is 0.917 bits per heavy atom. The average molecular weight is 171 g/mol. The highest BCUT2D eigenvalue weighted by Gasteiger charge is 2.07. The normalized spacial score (nSPS) is 18.2. The third-order valence-corrected chi connectivity index (χ3v) is 1.99. The molecule has 0 atom stereocenters. The van der Waals surface area contributed by atoms with Crippen LogP contribution in [0.4, 0.5) is 0 Å². The first-order valence-corrected chi connectivity index (χ1v) is 5.57. The first-order valence-electron chi connectivity index (χ1n) is 5.57. The molecule has 0 amide bonds. The lowest BCUT2D eigenvalue weighted by Crippen LogP contribution is -2.30. The molecule has 1 nitrogen and oxygen atoms in total. The van der Waals surface area contributed by atoms with Crippen molar-refractivity contribution >= 4 is 0 Å². The van der Waals surface area contributed by atoms with E-state index in [0.717, 1.165) is 0 Å². The minimum Gasteiger partial charge on any atom is -0.303 e. The summed E-state index contributed by atoms with van der Waals surface area (Å²) in [6.45, 7) is 10.5. The lowest BCUT2D eigenvalue weighted by atomic mass is 10.1. The molecule has 1 rings (SSSR count).